The second-order valence-electron chi connectivity index (χ2n) is 8.29. The van der Waals surface area contributed by atoms with E-state index in [0.29, 0.717) is 47.4 Å². The predicted octanol–water partition coefficient (Wildman–Crippen LogP) is 2.46. The van der Waals surface area contributed by atoms with Crippen molar-refractivity contribution in [1.82, 2.24) is 30.0 Å². The minimum atomic E-state index is -0.306. The van der Waals surface area contributed by atoms with Crippen LogP contribution >= 0.6 is 0 Å². The van der Waals surface area contributed by atoms with E-state index in [1.807, 2.05) is 51.2 Å². The summed E-state index contributed by atoms with van der Waals surface area (Å²) >= 11 is 0. The fourth-order valence-corrected chi connectivity index (χ4v) is 4.82. The van der Waals surface area contributed by atoms with E-state index in [0.717, 1.165) is 24.1 Å². The molecule has 1 aromatic heterocycles. The first-order valence-corrected chi connectivity index (χ1v) is 11.5. The van der Waals surface area contributed by atoms with E-state index in [2.05, 4.69) is 20.4 Å². The summed E-state index contributed by atoms with van der Waals surface area (Å²) < 4.78 is 18.9. The van der Waals surface area contributed by atoms with Crippen LogP contribution < -0.4 is 14.2 Å². The Morgan fingerprint density at radius 2 is 2.03 bits per heavy atom. The minimum absolute atomic E-state index is 0.0552. The number of para-hydroxylation sites is 1. The summed E-state index contributed by atoms with van der Waals surface area (Å²) in [5, 5.41) is 12.7. The molecule has 2 aliphatic rings. The monoisotopic (exact) mass is 464 g/mol. The molecule has 5 rings (SSSR count). The van der Waals surface area contributed by atoms with Gasteiger partial charge in [-0.2, -0.15) is 4.68 Å². The second kappa shape index (κ2) is 8.94. The van der Waals surface area contributed by atoms with Crippen molar-refractivity contribution in [3.05, 3.63) is 52.8 Å². The number of rotatable bonds is 6. The van der Waals surface area contributed by atoms with Crippen LogP contribution in [0.25, 0.3) is 5.69 Å². The Morgan fingerprint density at radius 1 is 1.24 bits per heavy atom. The molecule has 0 saturated heterocycles. The Kier molecular flexibility index (Phi) is 5.82. The molecule has 10 heteroatoms. The fraction of sp³-hybridized carbons (Fsp3) is 0.417. The molecule has 0 unspecified atom stereocenters. The van der Waals surface area contributed by atoms with Crippen molar-refractivity contribution in [3.63, 3.8) is 0 Å². The van der Waals surface area contributed by atoms with E-state index in [1.165, 1.54) is 0 Å². The number of carbonyl (C=O) groups is 1. The Labute approximate surface area is 198 Å². The van der Waals surface area contributed by atoms with Crippen LogP contribution in [0.15, 0.2) is 30.3 Å². The average molecular weight is 465 g/mol. The summed E-state index contributed by atoms with van der Waals surface area (Å²) in [7, 11) is 3.66. The van der Waals surface area contributed by atoms with Crippen molar-refractivity contribution in [2.45, 2.75) is 26.3 Å². The molecule has 2 aliphatic heterocycles. The van der Waals surface area contributed by atoms with Crippen molar-refractivity contribution < 1.29 is 19.0 Å². The van der Waals surface area contributed by atoms with Crippen LogP contribution in [-0.4, -0.2) is 76.5 Å². The molecule has 178 valence electrons. The first-order chi connectivity index (χ1) is 16.6. The van der Waals surface area contributed by atoms with Gasteiger partial charge in [-0.1, -0.05) is 12.1 Å². The molecule has 1 amide bonds. The summed E-state index contributed by atoms with van der Waals surface area (Å²) in [6.07, 6.45) is 0.827. The lowest BCUT2D eigenvalue weighted by Gasteiger charge is -2.35. The van der Waals surface area contributed by atoms with Crippen molar-refractivity contribution in [1.29, 1.82) is 0 Å². The maximum Gasteiger partial charge on any atom is 0.256 e. The van der Waals surface area contributed by atoms with E-state index in [-0.39, 0.29) is 18.7 Å². The zero-order valence-corrected chi connectivity index (χ0v) is 19.8. The highest BCUT2D eigenvalue weighted by atomic mass is 16.7. The quantitative estimate of drug-likeness (QED) is 0.549. The van der Waals surface area contributed by atoms with Gasteiger partial charge in [-0.15, -0.1) is 5.10 Å². The van der Waals surface area contributed by atoms with Gasteiger partial charge in [-0.25, -0.2) is 0 Å². The highest BCUT2D eigenvalue weighted by molar-refractivity contribution is 5.97. The first-order valence-electron chi connectivity index (χ1n) is 11.5. The van der Waals surface area contributed by atoms with Crippen LogP contribution in [0.3, 0.4) is 0 Å². The molecule has 10 nitrogen and oxygen atoms in total. The Hall–Kier alpha value is -3.66. The van der Waals surface area contributed by atoms with Gasteiger partial charge in [0.05, 0.1) is 18.4 Å². The van der Waals surface area contributed by atoms with Gasteiger partial charge >= 0.3 is 0 Å². The highest BCUT2D eigenvalue weighted by Crippen LogP contribution is 2.50. The molecular weight excluding hydrogens is 436 g/mol. The van der Waals surface area contributed by atoms with E-state index < -0.39 is 0 Å². The van der Waals surface area contributed by atoms with E-state index >= 15 is 0 Å². The number of hydrogen-bond acceptors (Lipinski definition) is 8. The lowest BCUT2D eigenvalue weighted by molar-refractivity contribution is 0.0772. The number of ether oxygens (including phenoxy) is 3. The third kappa shape index (κ3) is 3.45. The van der Waals surface area contributed by atoms with Gasteiger partial charge < -0.3 is 19.1 Å². The van der Waals surface area contributed by atoms with Gasteiger partial charge in [-0.05, 0) is 61.5 Å². The third-order valence-corrected chi connectivity index (χ3v) is 6.55. The SMILES string of the molecule is CCN(CC)C(=O)c1ccccc1-n1nnnc1[C@H]1c2c(cc3c(c2OC)OCO3)CCN1C. The fourth-order valence-electron chi connectivity index (χ4n) is 4.82. The Balaban J connectivity index is 1.66. The van der Waals surface area contributed by atoms with Crippen molar-refractivity contribution in [2.75, 3.05) is 40.6 Å². The molecule has 0 fully saturated rings. The molecule has 34 heavy (non-hydrogen) atoms. The number of fused-ring (bicyclic) bond motifs is 2. The molecule has 0 radical (unpaired) electrons. The van der Waals surface area contributed by atoms with Gasteiger partial charge in [0.2, 0.25) is 12.5 Å². The molecule has 0 saturated carbocycles. The summed E-state index contributed by atoms with van der Waals surface area (Å²) in [5.41, 5.74) is 3.24. The van der Waals surface area contributed by atoms with Crippen molar-refractivity contribution >= 4 is 5.91 Å². The Morgan fingerprint density at radius 3 is 2.79 bits per heavy atom. The van der Waals surface area contributed by atoms with Crippen LogP contribution in [0.5, 0.6) is 17.2 Å². The number of likely N-dealkylation sites (N-methyl/N-ethyl adjacent to an activating group) is 1. The molecule has 1 atom stereocenters. The first kappa shape index (κ1) is 22.1. The lowest BCUT2D eigenvalue weighted by Crippen LogP contribution is -2.35. The highest BCUT2D eigenvalue weighted by Gasteiger charge is 2.38. The van der Waals surface area contributed by atoms with Gasteiger partial charge in [0.15, 0.2) is 17.3 Å². The van der Waals surface area contributed by atoms with E-state index in [4.69, 9.17) is 14.2 Å². The molecule has 0 N–H and O–H groups in total. The third-order valence-electron chi connectivity index (χ3n) is 6.55. The van der Waals surface area contributed by atoms with Crippen LogP contribution in [-0.2, 0) is 6.42 Å². The molecular formula is C24H28N6O4. The largest absolute Gasteiger partial charge is 0.492 e. The van der Waals surface area contributed by atoms with Crippen LogP contribution in [0, 0.1) is 0 Å². The van der Waals surface area contributed by atoms with Crippen molar-refractivity contribution in [2.24, 2.45) is 0 Å². The number of methoxy groups -OCH3 is 1. The molecule has 2 aromatic carbocycles. The van der Waals surface area contributed by atoms with Crippen LogP contribution in [0.4, 0.5) is 0 Å². The number of nitrogens with zero attached hydrogens (tertiary/aromatic N) is 6. The van der Waals surface area contributed by atoms with Gasteiger partial charge in [0.1, 0.15) is 6.04 Å². The zero-order valence-electron chi connectivity index (χ0n) is 19.8. The summed E-state index contributed by atoms with van der Waals surface area (Å²) in [6, 6.07) is 9.15. The van der Waals surface area contributed by atoms with Gasteiger partial charge in [0.25, 0.3) is 5.91 Å². The minimum Gasteiger partial charge on any atom is -0.492 e. The standard InChI is InChI=1S/C24H28N6O4/c1-5-29(6-2)24(31)16-9-7-8-10-17(16)30-23(25-26-27-30)20-19-15(11-12-28(20)3)13-18-21(22(19)32-4)34-14-33-18/h7-10,13,20H,5-6,11-12,14H2,1-4H3/t20-/m1/s1. The average Bonchev–Trinajstić information content (AvgIpc) is 3.53. The summed E-state index contributed by atoms with van der Waals surface area (Å²) in [4.78, 5) is 17.3. The molecule has 3 heterocycles. The lowest BCUT2D eigenvalue weighted by atomic mass is 9.90. The van der Waals surface area contributed by atoms with Crippen molar-refractivity contribution in [3.8, 4) is 22.9 Å². The molecule has 0 bridgehead atoms. The smallest absolute Gasteiger partial charge is 0.256 e. The number of amides is 1. The second-order valence-corrected chi connectivity index (χ2v) is 8.29. The topological polar surface area (TPSA) is 94.8 Å². The molecule has 3 aromatic rings. The Bertz CT molecular complexity index is 1220. The maximum absolute atomic E-state index is 13.3. The maximum atomic E-state index is 13.3. The molecule has 0 spiro atoms. The van der Waals surface area contributed by atoms with E-state index in [1.54, 1.807) is 16.7 Å². The summed E-state index contributed by atoms with van der Waals surface area (Å²) in [5.74, 6) is 2.45. The normalized spacial score (nSPS) is 16.9. The zero-order chi connectivity index (χ0) is 23.8. The number of aromatic nitrogens is 4. The van der Waals surface area contributed by atoms with Gasteiger partial charge in [-0.3, -0.25) is 9.69 Å². The van der Waals surface area contributed by atoms with Gasteiger partial charge in [0, 0.05) is 25.2 Å². The number of benzene rings is 2. The number of hydrogen-bond donors (Lipinski definition) is 0. The molecule has 0 aliphatic carbocycles. The van der Waals surface area contributed by atoms with E-state index in [9.17, 15) is 4.79 Å². The van der Waals surface area contributed by atoms with Crippen LogP contribution in [0.2, 0.25) is 0 Å². The number of carbonyl (C=O) groups excluding carboxylic acids is 1. The van der Waals surface area contributed by atoms with Crippen LogP contribution in [0.1, 0.15) is 47.2 Å². The number of tetrazole rings is 1. The predicted molar refractivity (Wildman–Crippen MR) is 124 cm³/mol. The summed E-state index contributed by atoms with van der Waals surface area (Å²) in [6.45, 7) is 6.14.